The van der Waals surface area contributed by atoms with Crippen LogP contribution in [0.5, 0.6) is 0 Å². The van der Waals surface area contributed by atoms with Crippen molar-refractivity contribution >= 4 is 43.1 Å². The summed E-state index contributed by atoms with van der Waals surface area (Å²) in [4.78, 5) is 23.5. The van der Waals surface area contributed by atoms with E-state index >= 15 is 0 Å². The molecule has 1 aliphatic rings. The highest BCUT2D eigenvalue weighted by molar-refractivity contribution is 5.95. The number of nitrogens with zero attached hydrogens (tertiary/aromatic N) is 4. The van der Waals surface area contributed by atoms with Crippen LogP contribution in [0.4, 0.5) is 26.3 Å². The molecule has 2 aromatic carbocycles. The summed E-state index contributed by atoms with van der Waals surface area (Å²) in [7, 11) is 1.99. The standard InChI is InChI=1S/C31H34F6N4O.3ClH/c1-21-6-7-23(13-22(21)2)14-28-20-40(10-9-39(3)19-24-5-4-8-38-18-24)11-12-41(28)29(42)25-15-26(30(32,33)34)17-27(16-25)31(35,36)37;;;/h4-8,13,15-18,28H,9-12,14,19-20H2,1-3H3;3*1H/t28-;;;/m1.../s1. The summed E-state index contributed by atoms with van der Waals surface area (Å²) in [6, 6.07) is 10.4. The zero-order valence-electron chi connectivity index (χ0n) is 25.0. The summed E-state index contributed by atoms with van der Waals surface area (Å²) >= 11 is 0. The van der Waals surface area contributed by atoms with Gasteiger partial charge in [0.15, 0.2) is 0 Å². The van der Waals surface area contributed by atoms with Crippen LogP contribution in [0, 0.1) is 13.8 Å². The van der Waals surface area contributed by atoms with Crippen molar-refractivity contribution in [2.24, 2.45) is 0 Å². The molecule has 1 saturated heterocycles. The van der Waals surface area contributed by atoms with Crippen LogP contribution < -0.4 is 0 Å². The normalized spacial score (nSPS) is 15.6. The number of carbonyl (C=O) groups is 1. The predicted octanol–water partition coefficient (Wildman–Crippen LogP) is 7.50. The van der Waals surface area contributed by atoms with E-state index < -0.39 is 41.0 Å². The third-order valence-corrected chi connectivity index (χ3v) is 7.68. The third-order valence-electron chi connectivity index (χ3n) is 7.68. The van der Waals surface area contributed by atoms with E-state index in [2.05, 4.69) is 14.8 Å². The molecule has 1 fully saturated rings. The van der Waals surface area contributed by atoms with Gasteiger partial charge in [-0.1, -0.05) is 24.3 Å². The Morgan fingerprint density at radius 3 is 2.09 bits per heavy atom. The van der Waals surface area contributed by atoms with Crippen molar-refractivity contribution in [3.05, 3.63) is 99.9 Å². The van der Waals surface area contributed by atoms with Crippen LogP contribution in [-0.4, -0.2) is 71.4 Å². The van der Waals surface area contributed by atoms with Crippen LogP contribution in [0.25, 0.3) is 0 Å². The van der Waals surface area contributed by atoms with Crippen LogP contribution in [0.1, 0.15) is 43.7 Å². The number of halogens is 9. The number of aromatic nitrogens is 1. The third kappa shape index (κ3) is 11.0. The molecule has 3 aromatic rings. The monoisotopic (exact) mass is 700 g/mol. The number of alkyl halides is 6. The minimum atomic E-state index is -5.03. The van der Waals surface area contributed by atoms with Gasteiger partial charge in [-0.05, 0) is 73.8 Å². The number of hydrogen-bond acceptors (Lipinski definition) is 4. The van der Waals surface area contributed by atoms with Crippen molar-refractivity contribution < 1.29 is 31.1 Å². The predicted molar refractivity (Wildman–Crippen MR) is 170 cm³/mol. The molecular formula is C31H37Cl3F6N4O. The number of aryl methyl sites for hydroxylation is 2. The average Bonchev–Trinajstić information content (AvgIpc) is 2.93. The lowest BCUT2D eigenvalue weighted by atomic mass is 9.97. The smallest absolute Gasteiger partial charge is 0.333 e. The highest BCUT2D eigenvalue weighted by Crippen LogP contribution is 2.37. The number of carbonyl (C=O) groups excluding carboxylic acids is 1. The van der Waals surface area contributed by atoms with Crippen LogP contribution in [-0.2, 0) is 25.3 Å². The maximum absolute atomic E-state index is 13.6. The van der Waals surface area contributed by atoms with E-state index in [9.17, 15) is 31.1 Å². The van der Waals surface area contributed by atoms with Gasteiger partial charge in [-0.3, -0.25) is 14.7 Å². The van der Waals surface area contributed by atoms with Crippen molar-refractivity contribution in [1.82, 2.24) is 19.7 Å². The highest BCUT2D eigenvalue weighted by atomic mass is 35.5. The number of hydrogen-bond donors (Lipinski definition) is 0. The van der Waals surface area contributed by atoms with Gasteiger partial charge in [-0.25, -0.2) is 0 Å². The van der Waals surface area contributed by atoms with Crippen LogP contribution in [0.3, 0.4) is 0 Å². The summed E-state index contributed by atoms with van der Waals surface area (Å²) in [6.07, 6.45) is -6.13. The molecule has 1 aliphatic heterocycles. The van der Waals surface area contributed by atoms with Crippen molar-refractivity contribution in [3.63, 3.8) is 0 Å². The topological polar surface area (TPSA) is 39.7 Å². The molecule has 2 heterocycles. The van der Waals surface area contributed by atoms with Gasteiger partial charge in [0.25, 0.3) is 5.91 Å². The zero-order chi connectivity index (χ0) is 30.7. The Morgan fingerprint density at radius 2 is 1.53 bits per heavy atom. The number of piperazine rings is 1. The molecule has 45 heavy (non-hydrogen) atoms. The zero-order valence-corrected chi connectivity index (χ0v) is 27.4. The second kappa shape index (κ2) is 16.8. The number of rotatable bonds is 8. The van der Waals surface area contributed by atoms with Gasteiger partial charge in [-0.2, -0.15) is 26.3 Å². The van der Waals surface area contributed by atoms with Crippen molar-refractivity contribution in [2.75, 3.05) is 39.8 Å². The molecule has 0 aliphatic carbocycles. The van der Waals surface area contributed by atoms with Gasteiger partial charge in [0.05, 0.1) is 11.1 Å². The Labute approximate surface area is 278 Å². The molecule has 250 valence electrons. The van der Waals surface area contributed by atoms with Crippen LogP contribution >= 0.6 is 37.2 Å². The summed E-state index contributed by atoms with van der Waals surface area (Å²) in [5.41, 5.74) is 0.550. The second-order valence-corrected chi connectivity index (χ2v) is 11.0. The van der Waals surface area contributed by atoms with Gasteiger partial charge in [0, 0.05) is 63.3 Å². The Balaban J connectivity index is 0.00000337. The molecule has 0 radical (unpaired) electrons. The average molecular weight is 702 g/mol. The second-order valence-electron chi connectivity index (χ2n) is 11.0. The molecule has 4 rings (SSSR count). The fraction of sp³-hybridized carbons (Fsp3) is 0.419. The van der Waals surface area contributed by atoms with E-state index in [0.29, 0.717) is 44.7 Å². The molecular weight excluding hydrogens is 665 g/mol. The lowest BCUT2D eigenvalue weighted by Crippen LogP contribution is -2.56. The quantitative estimate of drug-likeness (QED) is 0.228. The molecule has 1 atom stereocenters. The Kier molecular flexibility index (Phi) is 15.1. The highest BCUT2D eigenvalue weighted by Gasteiger charge is 2.39. The first-order valence-electron chi connectivity index (χ1n) is 13.7. The minimum Gasteiger partial charge on any atom is -0.333 e. The Morgan fingerprint density at radius 1 is 0.889 bits per heavy atom. The van der Waals surface area contributed by atoms with E-state index in [4.69, 9.17) is 0 Å². The lowest BCUT2D eigenvalue weighted by molar-refractivity contribution is -0.143. The van der Waals surface area contributed by atoms with E-state index in [1.807, 2.05) is 51.2 Å². The van der Waals surface area contributed by atoms with Crippen molar-refractivity contribution in [2.45, 2.75) is 45.2 Å². The van der Waals surface area contributed by atoms with Crippen molar-refractivity contribution in [3.8, 4) is 0 Å². The number of pyridine rings is 1. The molecule has 5 nitrogen and oxygen atoms in total. The van der Waals surface area contributed by atoms with E-state index in [1.165, 1.54) is 4.90 Å². The first kappa shape index (κ1) is 40.5. The first-order chi connectivity index (χ1) is 19.7. The van der Waals surface area contributed by atoms with Gasteiger partial charge in [0.2, 0.25) is 0 Å². The minimum absolute atomic E-state index is 0. The Bertz CT molecular complexity index is 1360. The lowest BCUT2D eigenvalue weighted by Gasteiger charge is -2.42. The maximum atomic E-state index is 13.6. The molecule has 0 N–H and O–H groups in total. The molecule has 0 bridgehead atoms. The molecule has 14 heteroatoms. The van der Waals surface area contributed by atoms with Gasteiger partial charge >= 0.3 is 12.4 Å². The number of amides is 1. The van der Waals surface area contributed by atoms with Gasteiger partial charge < -0.3 is 9.80 Å². The molecule has 1 amide bonds. The Hall–Kier alpha value is -2.57. The number of benzene rings is 2. The molecule has 0 spiro atoms. The molecule has 0 saturated carbocycles. The fourth-order valence-electron chi connectivity index (χ4n) is 5.21. The molecule has 0 unspecified atom stereocenters. The van der Waals surface area contributed by atoms with Gasteiger partial charge in [0.1, 0.15) is 0 Å². The summed E-state index contributed by atoms with van der Waals surface area (Å²) in [5, 5.41) is 0. The van der Waals surface area contributed by atoms with Gasteiger partial charge in [-0.15, -0.1) is 37.2 Å². The first-order valence-corrected chi connectivity index (χ1v) is 13.7. The summed E-state index contributed by atoms with van der Waals surface area (Å²) < 4.78 is 81.1. The van der Waals surface area contributed by atoms with Crippen LogP contribution in [0.15, 0.2) is 60.9 Å². The molecule has 1 aromatic heterocycles. The van der Waals surface area contributed by atoms with Crippen molar-refractivity contribution in [1.29, 1.82) is 0 Å². The SMILES string of the molecule is Cc1ccc(C[C@@H]2CN(CCN(C)Cc3cccnc3)CCN2C(=O)c2cc(C(F)(F)F)cc(C(F)(F)F)c2)cc1C.Cl.Cl.Cl. The van der Waals surface area contributed by atoms with E-state index in [0.717, 1.165) is 28.8 Å². The fourth-order valence-corrected chi connectivity index (χ4v) is 5.21. The number of likely N-dealkylation sites (N-methyl/N-ethyl adjacent to an activating group) is 1. The maximum Gasteiger partial charge on any atom is 0.416 e. The largest absolute Gasteiger partial charge is 0.416 e. The van der Waals surface area contributed by atoms with E-state index in [1.54, 1.807) is 12.4 Å². The summed E-state index contributed by atoms with van der Waals surface area (Å²) in [5.74, 6) is -0.839. The summed E-state index contributed by atoms with van der Waals surface area (Å²) in [6.45, 7) is 7.12. The van der Waals surface area contributed by atoms with E-state index in [-0.39, 0.29) is 49.8 Å². The van der Waals surface area contributed by atoms with Crippen LogP contribution in [0.2, 0.25) is 0 Å².